The maximum Gasteiger partial charge on any atom is 0.189 e. The van der Waals surface area contributed by atoms with Gasteiger partial charge in [0, 0.05) is 5.56 Å². The molecule has 0 saturated heterocycles. The lowest BCUT2D eigenvalue weighted by molar-refractivity contribution is 0.104. The second-order valence-corrected chi connectivity index (χ2v) is 8.07. The molecule has 4 nitrogen and oxygen atoms in total. The van der Waals surface area contributed by atoms with E-state index >= 15 is 0 Å². The summed E-state index contributed by atoms with van der Waals surface area (Å²) in [5.41, 5.74) is 5.70. The molecule has 0 atom stereocenters. The molecule has 170 valence electrons. The van der Waals surface area contributed by atoms with Crippen LogP contribution in [0.5, 0.6) is 17.2 Å². The fourth-order valence-electron chi connectivity index (χ4n) is 3.37. The lowest BCUT2D eigenvalue weighted by Gasteiger charge is -2.19. The molecule has 0 radical (unpaired) electrons. The van der Waals surface area contributed by atoms with Crippen LogP contribution < -0.4 is 14.2 Å². The zero-order chi connectivity index (χ0) is 23.7. The Bertz CT molecular complexity index is 1020. The average molecular weight is 435 g/mol. The van der Waals surface area contributed by atoms with Crippen molar-refractivity contribution in [2.24, 2.45) is 0 Å². The van der Waals surface area contributed by atoms with Crippen molar-refractivity contribution in [2.75, 3.05) is 21.3 Å². The van der Waals surface area contributed by atoms with Crippen molar-refractivity contribution >= 4 is 11.9 Å². The number of rotatable bonds is 10. The summed E-state index contributed by atoms with van der Waals surface area (Å²) in [6.07, 6.45) is 8.95. The van der Waals surface area contributed by atoms with E-state index in [2.05, 4.69) is 39.8 Å². The summed E-state index contributed by atoms with van der Waals surface area (Å²) in [4.78, 5) is 13.2. The van der Waals surface area contributed by atoms with Gasteiger partial charge in [-0.25, -0.2) is 0 Å². The Balaban J connectivity index is 2.56. The first kappa shape index (κ1) is 25.0. The SMILES string of the molecule is COc1ccc(/C=C/C(=O)c2cc(CC=C(C)C)c(OC)c(CC=C(C)C)c2OC)cc1. The Morgan fingerprint density at radius 3 is 1.94 bits per heavy atom. The van der Waals surface area contributed by atoms with Crippen molar-refractivity contribution in [3.63, 3.8) is 0 Å². The van der Waals surface area contributed by atoms with E-state index in [9.17, 15) is 4.79 Å². The molecular weight excluding hydrogens is 400 g/mol. The Kier molecular flexibility index (Phi) is 9.33. The molecule has 2 rings (SSSR count). The third-order valence-electron chi connectivity index (χ3n) is 5.06. The largest absolute Gasteiger partial charge is 0.497 e. The molecule has 0 aliphatic heterocycles. The molecule has 0 aromatic heterocycles. The van der Waals surface area contributed by atoms with Crippen molar-refractivity contribution in [1.82, 2.24) is 0 Å². The number of hydrogen-bond acceptors (Lipinski definition) is 4. The molecule has 0 unspecified atom stereocenters. The molecule has 0 saturated carbocycles. The zero-order valence-corrected chi connectivity index (χ0v) is 20.2. The number of allylic oxidation sites excluding steroid dienone is 5. The van der Waals surface area contributed by atoms with E-state index in [1.54, 1.807) is 33.5 Å². The van der Waals surface area contributed by atoms with Crippen LogP contribution in [0.4, 0.5) is 0 Å². The topological polar surface area (TPSA) is 44.8 Å². The van der Waals surface area contributed by atoms with Crippen molar-refractivity contribution in [3.8, 4) is 17.2 Å². The zero-order valence-electron chi connectivity index (χ0n) is 20.2. The monoisotopic (exact) mass is 434 g/mol. The molecular formula is C28H34O4. The fraction of sp³-hybridized carbons (Fsp3) is 0.321. The van der Waals surface area contributed by atoms with Gasteiger partial charge in [-0.15, -0.1) is 0 Å². The Morgan fingerprint density at radius 2 is 1.41 bits per heavy atom. The van der Waals surface area contributed by atoms with E-state index in [0.29, 0.717) is 24.2 Å². The maximum atomic E-state index is 13.2. The van der Waals surface area contributed by atoms with E-state index in [1.165, 1.54) is 11.1 Å². The van der Waals surface area contributed by atoms with Crippen molar-refractivity contribution in [3.05, 3.63) is 82.0 Å². The van der Waals surface area contributed by atoms with Crippen molar-refractivity contribution in [1.29, 1.82) is 0 Å². The van der Waals surface area contributed by atoms with Crippen molar-refractivity contribution < 1.29 is 19.0 Å². The minimum Gasteiger partial charge on any atom is -0.497 e. The van der Waals surface area contributed by atoms with Crippen molar-refractivity contribution in [2.45, 2.75) is 40.5 Å². The molecule has 2 aromatic rings. The highest BCUT2D eigenvalue weighted by molar-refractivity contribution is 6.09. The molecule has 0 fully saturated rings. The number of carbonyl (C=O) groups excluding carboxylic acids is 1. The molecule has 0 N–H and O–H groups in total. The van der Waals surface area contributed by atoms with Gasteiger partial charge in [0.2, 0.25) is 0 Å². The van der Waals surface area contributed by atoms with Gasteiger partial charge in [-0.05, 0) is 75.9 Å². The standard InChI is InChI=1S/C28H34O4/c1-19(2)8-13-22-18-25(26(29)17-12-21-10-14-23(30-5)15-11-21)28(32-7)24(27(22)31-6)16-9-20(3)4/h8-12,14-15,17-18H,13,16H2,1-7H3/b17-12+. The van der Waals surface area contributed by atoms with E-state index < -0.39 is 0 Å². The fourth-order valence-corrected chi connectivity index (χ4v) is 3.37. The van der Waals surface area contributed by atoms with Crippen LogP contribution in [0.15, 0.2) is 59.7 Å². The van der Waals surface area contributed by atoms with Gasteiger partial charge in [-0.1, -0.05) is 41.5 Å². The van der Waals surface area contributed by atoms with Crippen LogP contribution in [0.1, 0.15) is 54.7 Å². The third kappa shape index (κ3) is 6.61. The molecule has 0 amide bonds. The van der Waals surface area contributed by atoms with E-state index in [4.69, 9.17) is 14.2 Å². The first-order valence-corrected chi connectivity index (χ1v) is 10.7. The summed E-state index contributed by atoms with van der Waals surface area (Å²) >= 11 is 0. The molecule has 0 aliphatic carbocycles. The number of carbonyl (C=O) groups is 1. The van der Waals surface area contributed by atoms with Gasteiger partial charge in [0.1, 0.15) is 17.2 Å². The number of ether oxygens (including phenoxy) is 3. The number of methoxy groups -OCH3 is 3. The highest BCUT2D eigenvalue weighted by Gasteiger charge is 2.21. The quantitative estimate of drug-likeness (QED) is 0.239. The van der Waals surface area contributed by atoms with Gasteiger partial charge in [-0.3, -0.25) is 4.79 Å². The van der Waals surface area contributed by atoms with Crippen LogP contribution in [0.2, 0.25) is 0 Å². The van der Waals surface area contributed by atoms with Crippen LogP contribution in [-0.2, 0) is 12.8 Å². The lowest BCUT2D eigenvalue weighted by Crippen LogP contribution is -2.07. The Hall–Kier alpha value is -3.27. The highest BCUT2D eigenvalue weighted by Crippen LogP contribution is 2.38. The molecule has 0 bridgehead atoms. The number of hydrogen-bond donors (Lipinski definition) is 0. The predicted molar refractivity (Wildman–Crippen MR) is 132 cm³/mol. The first-order valence-electron chi connectivity index (χ1n) is 10.7. The summed E-state index contributed by atoms with van der Waals surface area (Å²) in [7, 11) is 4.89. The number of ketones is 1. The summed E-state index contributed by atoms with van der Waals surface area (Å²) in [5.74, 6) is 1.99. The van der Waals surface area contributed by atoms with Gasteiger partial charge in [-0.2, -0.15) is 0 Å². The average Bonchev–Trinajstić information content (AvgIpc) is 2.78. The van der Waals surface area contributed by atoms with Gasteiger partial charge in [0.15, 0.2) is 5.78 Å². The predicted octanol–water partition coefficient (Wildman–Crippen LogP) is 6.63. The van der Waals surface area contributed by atoms with E-state index in [-0.39, 0.29) is 5.78 Å². The van der Waals surface area contributed by atoms with Gasteiger partial charge in [0.05, 0.1) is 26.9 Å². The van der Waals surface area contributed by atoms with Crippen LogP contribution in [0, 0.1) is 0 Å². The van der Waals surface area contributed by atoms with Crippen LogP contribution in [0.25, 0.3) is 6.08 Å². The molecule has 0 aliphatic rings. The van der Waals surface area contributed by atoms with Gasteiger partial charge >= 0.3 is 0 Å². The van der Waals surface area contributed by atoms with Crippen LogP contribution >= 0.6 is 0 Å². The van der Waals surface area contributed by atoms with E-state index in [1.807, 2.05) is 30.3 Å². The van der Waals surface area contributed by atoms with Crippen LogP contribution in [0.3, 0.4) is 0 Å². The third-order valence-corrected chi connectivity index (χ3v) is 5.06. The molecule has 4 heteroatoms. The summed E-state index contributed by atoms with van der Waals surface area (Å²) < 4.78 is 16.7. The number of benzene rings is 2. The Morgan fingerprint density at radius 1 is 0.812 bits per heavy atom. The smallest absolute Gasteiger partial charge is 0.189 e. The highest BCUT2D eigenvalue weighted by atomic mass is 16.5. The molecule has 0 spiro atoms. The minimum atomic E-state index is -0.114. The molecule has 2 aromatic carbocycles. The second-order valence-electron chi connectivity index (χ2n) is 8.07. The normalized spacial score (nSPS) is 10.6. The maximum absolute atomic E-state index is 13.2. The Labute approximate surface area is 192 Å². The first-order chi connectivity index (χ1) is 15.3. The van der Waals surface area contributed by atoms with Crippen LogP contribution in [-0.4, -0.2) is 27.1 Å². The lowest BCUT2D eigenvalue weighted by atomic mass is 9.94. The minimum absolute atomic E-state index is 0.114. The molecule has 0 heterocycles. The summed E-state index contributed by atoms with van der Waals surface area (Å²) in [6.45, 7) is 8.22. The van der Waals surface area contributed by atoms with E-state index in [0.717, 1.165) is 28.2 Å². The summed E-state index contributed by atoms with van der Waals surface area (Å²) in [6, 6.07) is 9.45. The summed E-state index contributed by atoms with van der Waals surface area (Å²) in [5, 5.41) is 0. The molecule has 32 heavy (non-hydrogen) atoms. The van der Waals surface area contributed by atoms with Gasteiger partial charge < -0.3 is 14.2 Å². The van der Waals surface area contributed by atoms with Gasteiger partial charge in [0.25, 0.3) is 0 Å². The second kappa shape index (κ2) is 11.9.